The van der Waals surface area contributed by atoms with Gasteiger partial charge in [-0.25, -0.2) is 0 Å². The molecule has 2 N–H and O–H groups in total. The number of anilines is 2. The van der Waals surface area contributed by atoms with Crippen molar-refractivity contribution in [3.63, 3.8) is 0 Å². The largest absolute Gasteiger partial charge is 0.494 e. The molecule has 0 saturated carbocycles. The van der Waals surface area contributed by atoms with E-state index in [0.29, 0.717) is 22.7 Å². The van der Waals surface area contributed by atoms with Crippen molar-refractivity contribution >= 4 is 23.2 Å². The highest BCUT2D eigenvalue weighted by molar-refractivity contribution is 6.05. The summed E-state index contributed by atoms with van der Waals surface area (Å²) in [5.41, 5.74) is 3.52. The predicted molar refractivity (Wildman–Crippen MR) is 111 cm³/mol. The fourth-order valence-electron chi connectivity index (χ4n) is 2.85. The van der Waals surface area contributed by atoms with Crippen LogP contribution in [0, 0.1) is 6.92 Å². The van der Waals surface area contributed by atoms with Crippen molar-refractivity contribution in [3.8, 4) is 5.75 Å². The second-order valence-electron chi connectivity index (χ2n) is 6.40. The standard InChI is InChI=1S/C23H22N2O3/c1-16-13-20(24-22(26)14-17-9-5-3-6-10-17)21(28-2)15-19(16)25-23(27)18-11-7-4-8-12-18/h3-13,15H,14H2,1-2H3,(H,24,26)(H,25,27). The number of ether oxygens (including phenoxy) is 1. The van der Waals surface area contributed by atoms with Gasteiger partial charge in [0, 0.05) is 17.3 Å². The number of carbonyl (C=O) groups is 2. The summed E-state index contributed by atoms with van der Waals surface area (Å²) in [4.78, 5) is 24.8. The Kier molecular flexibility index (Phi) is 6.07. The van der Waals surface area contributed by atoms with E-state index in [1.54, 1.807) is 24.3 Å². The Morgan fingerprint density at radius 1 is 0.857 bits per heavy atom. The van der Waals surface area contributed by atoms with Gasteiger partial charge in [0.1, 0.15) is 5.75 Å². The molecule has 3 rings (SSSR count). The highest BCUT2D eigenvalue weighted by Gasteiger charge is 2.14. The molecule has 5 nitrogen and oxygen atoms in total. The molecule has 0 aliphatic carbocycles. The summed E-state index contributed by atoms with van der Waals surface area (Å²) in [5, 5.41) is 5.78. The van der Waals surface area contributed by atoms with E-state index in [1.165, 1.54) is 7.11 Å². The third kappa shape index (κ3) is 4.76. The number of aryl methyl sites for hydroxylation is 1. The van der Waals surface area contributed by atoms with Crippen LogP contribution in [0.2, 0.25) is 0 Å². The summed E-state index contributed by atoms with van der Waals surface area (Å²) in [6.07, 6.45) is 0.273. The highest BCUT2D eigenvalue weighted by atomic mass is 16.5. The molecule has 3 aromatic rings. The molecule has 0 aliphatic heterocycles. The zero-order chi connectivity index (χ0) is 19.9. The van der Waals surface area contributed by atoms with Gasteiger partial charge in [-0.1, -0.05) is 48.5 Å². The third-order valence-electron chi connectivity index (χ3n) is 4.31. The zero-order valence-corrected chi connectivity index (χ0v) is 15.9. The number of benzene rings is 3. The SMILES string of the molecule is COc1cc(NC(=O)c2ccccc2)c(C)cc1NC(=O)Cc1ccccc1. The minimum atomic E-state index is -0.202. The second-order valence-corrected chi connectivity index (χ2v) is 6.40. The van der Waals surface area contributed by atoms with Gasteiger partial charge in [0.25, 0.3) is 5.91 Å². The topological polar surface area (TPSA) is 67.4 Å². The van der Waals surface area contributed by atoms with Crippen LogP contribution in [-0.4, -0.2) is 18.9 Å². The summed E-state index contributed by atoms with van der Waals surface area (Å²) in [6, 6.07) is 22.0. The molecular weight excluding hydrogens is 352 g/mol. The first kappa shape index (κ1) is 19.2. The molecule has 0 spiro atoms. The fourth-order valence-corrected chi connectivity index (χ4v) is 2.85. The van der Waals surface area contributed by atoms with E-state index < -0.39 is 0 Å². The molecule has 0 saturated heterocycles. The first-order valence-corrected chi connectivity index (χ1v) is 8.95. The maximum atomic E-state index is 12.4. The number of nitrogens with one attached hydrogen (secondary N) is 2. The summed E-state index contributed by atoms with van der Waals surface area (Å²) < 4.78 is 5.41. The van der Waals surface area contributed by atoms with Gasteiger partial charge in [-0.2, -0.15) is 0 Å². The fraction of sp³-hybridized carbons (Fsp3) is 0.130. The Hall–Kier alpha value is -3.60. The number of hydrogen-bond acceptors (Lipinski definition) is 3. The number of methoxy groups -OCH3 is 1. The smallest absolute Gasteiger partial charge is 0.255 e. The van der Waals surface area contributed by atoms with E-state index in [0.717, 1.165) is 11.1 Å². The zero-order valence-electron chi connectivity index (χ0n) is 15.9. The lowest BCUT2D eigenvalue weighted by atomic mass is 10.1. The molecule has 28 heavy (non-hydrogen) atoms. The lowest BCUT2D eigenvalue weighted by Crippen LogP contribution is -2.16. The van der Waals surface area contributed by atoms with Crippen LogP contribution in [0.5, 0.6) is 5.75 Å². The van der Waals surface area contributed by atoms with Crippen LogP contribution in [0.4, 0.5) is 11.4 Å². The van der Waals surface area contributed by atoms with Gasteiger partial charge in [0.15, 0.2) is 0 Å². The molecule has 0 atom stereocenters. The van der Waals surface area contributed by atoms with Crippen molar-refractivity contribution in [1.29, 1.82) is 0 Å². The molecule has 3 aromatic carbocycles. The summed E-state index contributed by atoms with van der Waals surface area (Å²) in [6.45, 7) is 1.87. The molecule has 142 valence electrons. The quantitative estimate of drug-likeness (QED) is 0.670. The van der Waals surface area contributed by atoms with Gasteiger partial charge in [-0.05, 0) is 36.2 Å². The van der Waals surface area contributed by atoms with Crippen LogP contribution in [0.3, 0.4) is 0 Å². The van der Waals surface area contributed by atoms with E-state index in [4.69, 9.17) is 4.74 Å². The first-order valence-electron chi connectivity index (χ1n) is 8.95. The minimum absolute atomic E-state index is 0.134. The van der Waals surface area contributed by atoms with Gasteiger partial charge >= 0.3 is 0 Å². The first-order chi connectivity index (χ1) is 13.6. The summed E-state index contributed by atoms with van der Waals surface area (Å²) in [7, 11) is 1.53. The molecule has 0 unspecified atom stereocenters. The van der Waals surface area contributed by atoms with Crippen molar-refractivity contribution < 1.29 is 14.3 Å². The van der Waals surface area contributed by atoms with Crippen LogP contribution in [-0.2, 0) is 11.2 Å². The number of hydrogen-bond donors (Lipinski definition) is 2. The van der Waals surface area contributed by atoms with Gasteiger partial charge < -0.3 is 15.4 Å². The molecule has 0 heterocycles. The Morgan fingerprint density at radius 3 is 2.14 bits per heavy atom. The molecule has 2 amide bonds. The average Bonchev–Trinajstić information content (AvgIpc) is 2.71. The van der Waals surface area contributed by atoms with Crippen LogP contribution < -0.4 is 15.4 Å². The van der Waals surface area contributed by atoms with E-state index in [2.05, 4.69) is 10.6 Å². The van der Waals surface area contributed by atoms with Crippen molar-refractivity contribution in [2.45, 2.75) is 13.3 Å². The predicted octanol–water partition coefficient (Wildman–Crippen LogP) is 4.44. The molecular formula is C23H22N2O3. The van der Waals surface area contributed by atoms with Crippen LogP contribution in [0.1, 0.15) is 21.5 Å². The maximum Gasteiger partial charge on any atom is 0.255 e. The third-order valence-corrected chi connectivity index (χ3v) is 4.31. The van der Waals surface area contributed by atoms with Crippen LogP contribution in [0.25, 0.3) is 0 Å². The van der Waals surface area contributed by atoms with E-state index >= 15 is 0 Å². The van der Waals surface area contributed by atoms with Crippen molar-refractivity contribution in [3.05, 3.63) is 89.5 Å². The lowest BCUT2D eigenvalue weighted by Gasteiger charge is -2.15. The molecule has 5 heteroatoms. The highest BCUT2D eigenvalue weighted by Crippen LogP contribution is 2.31. The van der Waals surface area contributed by atoms with Gasteiger partial charge in [0.05, 0.1) is 19.2 Å². The molecule has 0 fully saturated rings. The van der Waals surface area contributed by atoms with Gasteiger partial charge in [-0.15, -0.1) is 0 Å². The van der Waals surface area contributed by atoms with Crippen molar-refractivity contribution in [2.75, 3.05) is 17.7 Å². The number of amides is 2. The Labute approximate surface area is 164 Å². The number of carbonyl (C=O) groups excluding carboxylic acids is 2. The summed E-state index contributed by atoms with van der Waals surface area (Å²) >= 11 is 0. The Morgan fingerprint density at radius 2 is 1.50 bits per heavy atom. The average molecular weight is 374 g/mol. The second kappa shape index (κ2) is 8.86. The van der Waals surface area contributed by atoms with Crippen LogP contribution >= 0.6 is 0 Å². The van der Waals surface area contributed by atoms with E-state index in [-0.39, 0.29) is 18.2 Å². The van der Waals surface area contributed by atoms with Crippen molar-refractivity contribution in [2.24, 2.45) is 0 Å². The summed E-state index contributed by atoms with van der Waals surface area (Å²) in [5.74, 6) is 0.145. The Bertz CT molecular complexity index is 970. The van der Waals surface area contributed by atoms with E-state index in [9.17, 15) is 9.59 Å². The molecule has 0 aliphatic rings. The molecule has 0 radical (unpaired) electrons. The van der Waals surface area contributed by atoms with Crippen molar-refractivity contribution in [1.82, 2.24) is 0 Å². The Balaban J connectivity index is 1.75. The van der Waals surface area contributed by atoms with Gasteiger partial charge in [-0.3, -0.25) is 9.59 Å². The monoisotopic (exact) mass is 374 g/mol. The van der Waals surface area contributed by atoms with Gasteiger partial charge in [0.2, 0.25) is 5.91 Å². The lowest BCUT2D eigenvalue weighted by molar-refractivity contribution is -0.115. The molecule has 0 aromatic heterocycles. The normalized spacial score (nSPS) is 10.2. The number of rotatable bonds is 6. The minimum Gasteiger partial charge on any atom is -0.494 e. The molecule has 0 bridgehead atoms. The van der Waals surface area contributed by atoms with Crippen LogP contribution in [0.15, 0.2) is 72.8 Å². The maximum absolute atomic E-state index is 12.4. The van der Waals surface area contributed by atoms with E-state index in [1.807, 2.05) is 55.5 Å².